The predicted octanol–water partition coefficient (Wildman–Crippen LogP) is 5.86. The molecule has 0 radical (unpaired) electrons. The highest BCUT2D eigenvalue weighted by atomic mass is 16.5. The summed E-state index contributed by atoms with van der Waals surface area (Å²) in [6.07, 6.45) is 9.92. The summed E-state index contributed by atoms with van der Waals surface area (Å²) < 4.78 is 10.7. The average molecular weight is 515 g/mol. The second-order valence-electron chi connectivity index (χ2n) is 13.1. The van der Waals surface area contributed by atoms with Crippen molar-refractivity contribution in [3.8, 4) is 0 Å². The van der Waals surface area contributed by atoms with Gasteiger partial charge in [-0.3, -0.25) is 19.2 Å². The number of hydrogen-bond donors (Lipinski definition) is 0. The van der Waals surface area contributed by atoms with Gasteiger partial charge in [-0.2, -0.15) is 0 Å². The summed E-state index contributed by atoms with van der Waals surface area (Å²) in [6.45, 7) is 11.9. The molecule has 0 aromatic carbocycles. The molecule has 0 aromatic rings. The summed E-state index contributed by atoms with van der Waals surface area (Å²) in [7, 11) is 0. The van der Waals surface area contributed by atoms with Gasteiger partial charge < -0.3 is 9.47 Å². The van der Waals surface area contributed by atoms with E-state index < -0.39 is 0 Å². The van der Waals surface area contributed by atoms with Crippen molar-refractivity contribution in [3.63, 3.8) is 0 Å². The van der Waals surface area contributed by atoms with Gasteiger partial charge in [0.05, 0.1) is 6.61 Å². The lowest BCUT2D eigenvalue weighted by Crippen LogP contribution is -2.51. The van der Waals surface area contributed by atoms with Crippen LogP contribution in [0.15, 0.2) is 11.6 Å². The Hall–Kier alpha value is -1.98. The maximum Gasteiger partial charge on any atom is 0.302 e. The first-order valence-electron chi connectivity index (χ1n) is 14.4. The highest BCUT2D eigenvalue weighted by Crippen LogP contribution is 2.66. The van der Waals surface area contributed by atoms with Crippen molar-refractivity contribution < 1.29 is 28.7 Å². The molecule has 0 aliphatic heterocycles. The van der Waals surface area contributed by atoms with Crippen molar-refractivity contribution in [1.29, 1.82) is 0 Å². The van der Waals surface area contributed by atoms with E-state index in [1.165, 1.54) is 19.4 Å². The maximum atomic E-state index is 13.5. The molecule has 0 heterocycles. The summed E-state index contributed by atoms with van der Waals surface area (Å²) in [5, 5.41) is 0. The first kappa shape index (κ1) is 28.0. The number of Topliss-reactive ketones (excluding diaryl/α,β-unsaturated/α-hetero) is 2. The van der Waals surface area contributed by atoms with E-state index in [9.17, 15) is 19.2 Å². The summed E-state index contributed by atoms with van der Waals surface area (Å²) in [4.78, 5) is 49.4. The van der Waals surface area contributed by atoms with Crippen molar-refractivity contribution >= 4 is 23.5 Å². The molecule has 0 spiro atoms. The first-order valence-corrected chi connectivity index (χ1v) is 14.4. The van der Waals surface area contributed by atoms with Crippen LogP contribution in [0.25, 0.3) is 0 Å². The summed E-state index contributed by atoms with van der Waals surface area (Å²) in [6, 6.07) is 0. The molecule has 0 aromatic heterocycles. The molecule has 0 N–H and O–H groups in total. The third-order valence-corrected chi connectivity index (χ3v) is 10.8. The van der Waals surface area contributed by atoms with Gasteiger partial charge in [-0.25, -0.2) is 0 Å². The van der Waals surface area contributed by atoms with Crippen LogP contribution in [-0.2, 0) is 28.7 Å². The summed E-state index contributed by atoms with van der Waals surface area (Å²) in [5.41, 5.74) is 1.43. The van der Waals surface area contributed by atoms with Gasteiger partial charge in [0.15, 0.2) is 0 Å². The first-order chi connectivity index (χ1) is 17.4. The highest BCUT2D eigenvalue weighted by molar-refractivity contribution is 5.92. The second-order valence-corrected chi connectivity index (χ2v) is 13.1. The third kappa shape index (κ3) is 5.31. The van der Waals surface area contributed by atoms with Gasteiger partial charge in [-0.05, 0) is 73.0 Å². The van der Waals surface area contributed by atoms with Gasteiger partial charge in [0.1, 0.15) is 17.7 Å². The minimum absolute atomic E-state index is 0.0109. The lowest BCUT2D eigenvalue weighted by molar-refractivity contribution is -0.149. The largest absolute Gasteiger partial charge is 0.466 e. The van der Waals surface area contributed by atoms with Crippen LogP contribution in [0, 0.1) is 46.3 Å². The smallest absolute Gasteiger partial charge is 0.302 e. The molecule has 37 heavy (non-hydrogen) atoms. The normalized spacial score (nSPS) is 38.4. The molecular weight excluding hydrogens is 468 g/mol. The van der Waals surface area contributed by atoms with Gasteiger partial charge >= 0.3 is 11.9 Å². The van der Waals surface area contributed by atoms with Crippen molar-refractivity contribution in [1.82, 2.24) is 0 Å². The molecule has 6 heteroatoms. The Labute approximate surface area is 222 Å². The van der Waals surface area contributed by atoms with E-state index in [-0.39, 0.29) is 58.2 Å². The Morgan fingerprint density at radius 3 is 2.43 bits per heavy atom. The SMILES string of the molecule is CC(=O)OC[C@@H](C)CCC(=O)[C@@H](C)[C@H]1C(=O)C[C@H]2[C@@H]3CC=C4C[C@@H](OC(C)=O)CC[C@]4(C)[C@H]3CC[C@]12C. The molecule has 3 saturated carbocycles. The van der Waals surface area contributed by atoms with Gasteiger partial charge in [-0.1, -0.05) is 39.3 Å². The predicted molar refractivity (Wildman–Crippen MR) is 140 cm³/mol. The van der Waals surface area contributed by atoms with Crippen LogP contribution in [0.5, 0.6) is 0 Å². The van der Waals surface area contributed by atoms with Crippen molar-refractivity contribution in [3.05, 3.63) is 11.6 Å². The molecule has 4 rings (SSSR count). The second kappa shape index (κ2) is 10.6. The summed E-state index contributed by atoms with van der Waals surface area (Å²) in [5.74, 6) is 0.932. The molecule has 0 bridgehead atoms. The van der Waals surface area contributed by atoms with Crippen LogP contribution >= 0.6 is 0 Å². The van der Waals surface area contributed by atoms with E-state index in [2.05, 4.69) is 19.9 Å². The fourth-order valence-corrected chi connectivity index (χ4v) is 8.79. The summed E-state index contributed by atoms with van der Waals surface area (Å²) >= 11 is 0. The number of carbonyl (C=O) groups is 4. The number of allylic oxidation sites excluding steroid dienone is 1. The molecule has 4 aliphatic carbocycles. The molecule has 4 aliphatic rings. The van der Waals surface area contributed by atoms with E-state index in [0.717, 1.165) is 38.5 Å². The Morgan fingerprint density at radius 2 is 1.76 bits per heavy atom. The van der Waals surface area contributed by atoms with E-state index >= 15 is 0 Å². The van der Waals surface area contributed by atoms with E-state index in [1.807, 2.05) is 13.8 Å². The van der Waals surface area contributed by atoms with Crippen LogP contribution in [0.2, 0.25) is 0 Å². The number of ether oxygens (including phenoxy) is 2. The zero-order valence-electron chi connectivity index (χ0n) is 23.6. The zero-order valence-corrected chi connectivity index (χ0v) is 23.6. The minimum Gasteiger partial charge on any atom is -0.466 e. The van der Waals surface area contributed by atoms with Crippen molar-refractivity contribution in [2.24, 2.45) is 46.3 Å². The Morgan fingerprint density at radius 1 is 1.03 bits per heavy atom. The van der Waals surface area contributed by atoms with Crippen LogP contribution < -0.4 is 0 Å². The number of rotatable bonds is 8. The molecule has 9 atom stereocenters. The molecule has 206 valence electrons. The lowest BCUT2D eigenvalue weighted by atomic mass is 9.47. The Bertz CT molecular complexity index is 967. The lowest BCUT2D eigenvalue weighted by Gasteiger charge is -2.58. The number of fused-ring (bicyclic) bond motifs is 5. The zero-order chi connectivity index (χ0) is 27.1. The average Bonchev–Trinajstić information content (AvgIpc) is 3.10. The minimum atomic E-state index is -0.298. The number of ketones is 2. The molecule has 3 fully saturated rings. The van der Waals surface area contributed by atoms with Gasteiger partial charge in [0.2, 0.25) is 0 Å². The maximum absolute atomic E-state index is 13.5. The Balaban J connectivity index is 1.45. The van der Waals surface area contributed by atoms with Crippen LogP contribution in [0.4, 0.5) is 0 Å². The van der Waals surface area contributed by atoms with Crippen LogP contribution in [-0.4, -0.2) is 36.2 Å². The molecular formula is C31H46O6. The third-order valence-electron chi connectivity index (χ3n) is 10.8. The van der Waals surface area contributed by atoms with Gasteiger partial charge in [0.25, 0.3) is 0 Å². The van der Waals surface area contributed by atoms with Gasteiger partial charge in [0, 0.05) is 44.9 Å². The quantitative estimate of drug-likeness (QED) is 0.298. The van der Waals surface area contributed by atoms with Crippen molar-refractivity contribution in [2.75, 3.05) is 6.61 Å². The molecule has 0 amide bonds. The fourth-order valence-electron chi connectivity index (χ4n) is 8.79. The highest BCUT2D eigenvalue weighted by Gasteiger charge is 2.62. The molecule has 0 saturated heterocycles. The fraction of sp³-hybridized carbons (Fsp3) is 0.806. The van der Waals surface area contributed by atoms with E-state index in [1.54, 1.807) is 0 Å². The topological polar surface area (TPSA) is 86.7 Å². The number of esters is 2. The van der Waals surface area contributed by atoms with Crippen LogP contribution in [0.3, 0.4) is 0 Å². The molecule has 6 nitrogen and oxygen atoms in total. The van der Waals surface area contributed by atoms with Crippen LogP contribution in [0.1, 0.15) is 99.3 Å². The van der Waals surface area contributed by atoms with E-state index in [0.29, 0.717) is 43.6 Å². The number of hydrogen-bond acceptors (Lipinski definition) is 6. The van der Waals surface area contributed by atoms with Crippen molar-refractivity contribution in [2.45, 2.75) is 105 Å². The van der Waals surface area contributed by atoms with E-state index in [4.69, 9.17) is 9.47 Å². The molecule has 0 unspecified atom stereocenters. The standard InChI is InChI=1S/C31H46O6/c1-18(17-36-20(3)32)7-10-27(34)19(2)29-28(35)16-26-24-9-8-22-15-23(37-21(4)33)11-13-30(22,5)25(24)12-14-31(26,29)6/h8,18-19,23-26,29H,7,9-17H2,1-6H3/t18-,19+,23-,24+,25-,26-,29-,30-,31-/m0/s1. The number of carbonyl (C=O) groups excluding carboxylic acids is 4. The van der Waals surface area contributed by atoms with Gasteiger partial charge in [-0.15, -0.1) is 0 Å². The monoisotopic (exact) mass is 514 g/mol. The Kier molecular flexibility index (Phi) is 8.07.